The van der Waals surface area contributed by atoms with Gasteiger partial charge in [-0.25, -0.2) is 18.2 Å². The summed E-state index contributed by atoms with van der Waals surface area (Å²) in [6.07, 6.45) is 1.58. The highest BCUT2D eigenvalue weighted by Gasteiger charge is 2.23. The predicted octanol–water partition coefficient (Wildman–Crippen LogP) is 5.41. The van der Waals surface area contributed by atoms with Gasteiger partial charge in [-0.05, 0) is 48.9 Å². The number of aliphatic hydroxyl groups is 1. The fraction of sp³-hybridized carbons (Fsp3) is 0.200. The molecule has 2 aromatic heterocycles. The third-order valence-electron chi connectivity index (χ3n) is 5.46. The molecule has 0 saturated heterocycles. The van der Waals surface area contributed by atoms with E-state index in [0.29, 0.717) is 22.6 Å². The van der Waals surface area contributed by atoms with E-state index in [0.717, 1.165) is 12.1 Å². The van der Waals surface area contributed by atoms with E-state index < -0.39 is 23.4 Å². The number of imidazole rings is 1. The number of aliphatic hydroxyl groups excluding tert-OH is 1. The molecular formula is C25H22ClF3N2O3. The van der Waals surface area contributed by atoms with E-state index in [2.05, 4.69) is 4.98 Å². The Morgan fingerprint density at radius 1 is 1.09 bits per heavy atom. The van der Waals surface area contributed by atoms with Gasteiger partial charge in [-0.3, -0.25) is 9.20 Å². The van der Waals surface area contributed by atoms with Gasteiger partial charge < -0.3 is 9.84 Å². The summed E-state index contributed by atoms with van der Waals surface area (Å²) in [4.78, 5) is 17.6. The number of ether oxygens (including phenoxy) is 1. The van der Waals surface area contributed by atoms with Crippen molar-refractivity contribution in [3.8, 4) is 5.75 Å². The first-order chi connectivity index (χ1) is 15.9. The standard InChI is InChI=1S/C25H21F3N2O3.ClH/c1-15-24(22(32)12-17(13-31)16-5-2-6-18(26)11-16)30-10-4-9-23(25(30)29-15)33-14-19-20(27)7-3-8-21(19)28;/h2-11,17,31H,12-14H2,1H3;1H/t17-;/m0./s1. The van der Waals surface area contributed by atoms with Crippen LogP contribution in [0.5, 0.6) is 5.75 Å². The fourth-order valence-electron chi connectivity index (χ4n) is 3.79. The number of ketones is 1. The number of hydrogen-bond donors (Lipinski definition) is 1. The first-order valence-electron chi connectivity index (χ1n) is 10.3. The van der Waals surface area contributed by atoms with Crippen LogP contribution in [0.1, 0.15) is 39.6 Å². The number of nitrogens with zero attached hydrogens (tertiary/aromatic N) is 2. The SMILES string of the molecule is Cc1nc2c(OCc3c(F)cccc3F)cccn2c1C(=O)C[C@@H](CO)c1cccc(F)c1.Cl. The predicted molar refractivity (Wildman–Crippen MR) is 123 cm³/mol. The summed E-state index contributed by atoms with van der Waals surface area (Å²) in [5.41, 5.74) is 1.36. The Bertz CT molecular complexity index is 1310. The first kappa shape index (κ1) is 25.3. The molecule has 9 heteroatoms. The topological polar surface area (TPSA) is 63.8 Å². The lowest BCUT2D eigenvalue weighted by Crippen LogP contribution is -2.14. The number of benzene rings is 2. The van der Waals surface area contributed by atoms with Crippen molar-refractivity contribution in [2.45, 2.75) is 25.9 Å². The smallest absolute Gasteiger partial charge is 0.182 e. The minimum atomic E-state index is -0.718. The zero-order valence-corrected chi connectivity index (χ0v) is 19.0. The molecule has 0 fully saturated rings. The highest BCUT2D eigenvalue weighted by Crippen LogP contribution is 2.27. The van der Waals surface area contributed by atoms with Crippen LogP contribution in [-0.4, -0.2) is 26.9 Å². The number of aromatic nitrogens is 2. The van der Waals surface area contributed by atoms with Crippen molar-refractivity contribution >= 4 is 23.8 Å². The van der Waals surface area contributed by atoms with Crippen molar-refractivity contribution in [3.63, 3.8) is 0 Å². The van der Waals surface area contributed by atoms with Crippen LogP contribution in [0.15, 0.2) is 60.8 Å². The van der Waals surface area contributed by atoms with E-state index in [1.807, 2.05) is 0 Å². The van der Waals surface area contributed by atoms with E-state index in [9.17, 15) is 23.1 Å². The second-order valence-corrected chi connectivity index (χ2v) is 7.66. The van der Waals surface area contributed by atoms with Crippen molar-refractivity contribution in [2.75, 3.05) is 6.61 Å². The Morgan fingerprint density at radius 3 is 2.47 bits per heavy atom. The van der Waals surface area contributed by atoms with Crippen molar-refractivity contribution in [1.82, 2.24) is 9.38 Å². The molecule has 4 rings (SSSR count). The molecule has 2 heterocycles. The summed E-state index contributed by atoms with van der Waals surface area (Å²) in [5, 5.41) is 9.79. The van der Waals surface area contributed by atoms with Gasteiger partial charge in [0.15, 0.2) is 17.2 Å². The van der Waals surface area contributed by atoms with Gasteiger partial charge in [-0.15, -0.1) is 12.4 Å². The molecule has 0 aliphatic rings. The van der Waals surface area contributed by atoms with Crippen molar-refractivity contribution in [1.29, 1.82) is 0 Å². The van der Waals surface area contributed by atoms with Crippen LogP contribution < -0.4 is 4.74 Å². The van der Waals surface area contributed by atoms with Crippen molar-refractivity contribution < 1.29 is 27.8 Å². The molecule has 0 aliphatic carbocycles. The van der Waals surface area contributed by atoms with Gasteiger partial charge >= 0.3 is 0 Å². The maximum atomic E-state index is 13.9. The monoisotopic (exact) mass is 490 g/mol. The lowest BCUT2D eigenvalue weighted by Gasteiger charge is -2.14. The second kappa shape index (κ2) is 10.7. The molecule has 1 N–H and O–H groups in total. The number of pyridine rings is 1. The van der Waals surface area contributed by atoms with E-state index in [1.54, 1.807) is 35.7 Å². The van der Waals surface area contributed by atoms with Crippen LogP contribution >= 0.6 is 12.4 Å². The number of rotatable bonds is 8. The van der Waals surface area contributed by atoms with Crippen LogP contribution in [0.3, 0.4) is 0 Å². The van der Waals surface area contributed by atoms with Crippen molar-refractivity contribution in [2.24, 2.45) is 0 Å². The average molecular weight is 491 g/mol. The number of fused-ring (bicyclic) bond motifs is 1. The Labute approximate surface area is 200 Å². The molecule has 5 nitrogen and oxygen atoms in total. The molecule has 0 unspecified atom stereocenters. The molecule has 4 aromatic rings. The lowest BCUT2D eigenvalue weighted by molar-refractivity contribution is 0.0953. The molecule has 0 saturated carbocycles. The van der Waals surface area contributed by atoms with Crippen LogP contribution in [0, 0.1) is 24.4 Å². The molecule has 178 valence electrons. The Balaban J connectivity index is 0.00000324. The fourth-order valence-corrected chi connectivity index (χ4v) is 3.79. The summed E-state index contributed by atoms with van der Waals surface area (Å²) >= 11 is 0. The summed E-state index contributed by atoms with van der Waals surface area (Å²) in [5.74, 6) is -2.50. The van der Waals surface area contributed by atoms with Gasteiger partial charge in [0.2, 0.25) is 0 Å². The number of carbonyl (C=O) groups excluding carboxylic acids is 1. The molecule has 0 spiro atoms. The molecule has 0 aliphatic heterocycles. The van der Waals surface area contributed by atoms with Crippen LogP contribution in [-0.2, 0) is 6.61 Å². The highest BCUT2D eigenvalue weighted by molar-refractivity contribution is 5.97. The van der Waals surface area contributed by atoms with Crippen LogP contribution in [0.2, 0.25) is 0 Å². The molecule has 0 bridgehead atoms. The first-order valence-corrected chi connectivity index (χ1v) is 10.3. The highest BCUT2D eigenvalue weighted by atomic mass is 35.5. The van der Waals surface area contributed by atoms with Gasteiger partial charge in [0.25, 0.3) is 0 Å². The van der Waals surface area contributed by atoms with Gasteiger partial charge in [0, 0.05) is 18.5 Å². The van der Waals surface area contributed by atoms with Gasteiger partial charge in [0.1, 0.15) is 29.8 Å². The second-order valence-electron chi connectivity index (χ2n) is 7.66. The Kier molecular flexibility index (Phi) is 7.96. The van der Waals surface area contributed by atoms with E-state index in [1.165, 1.54) is 24.3 Å². The molecular weight excluding hydrogens is 469 g/mol. The summed E-state index contributed by atoms with van der Waals surface area (Å²) in [6, 6.07) is 12.6. The average Bonchev–Trinajstić information content (AvgIpc) is 3.13. The van der Waals surface area contributed by atoms with Gasteiger partial charge in [0.05, 0.1) is 17.9 Å². The number of hydrogen-bond acceptors (Lipinski definition) is 4. The lowest BCUT2D eigenvalue weighted by atomic mass is 9.93. The summed E-state index contributed by atoms with van der Waals surface area (Å²) in [6.45, 7) is 0.990. The van der Waals surface area contributed by atoms with E-state index in [4.69, 9.17) is 4.74 Å². The third kappa shape index (κ3) is 5.08. The number of Topliss-reactive ketones (excluding diaryl/α,β-unsaturated/α-hetero) is 1. The Hall–Kier alpha value is -3.36. The zero-order valence-electron chi connectivity index (χ0n) is 18.2. The number of carbonyl (C=O) groups is 1. The molecule has 34 heavy (non-hydrogen) atoms. The van der Waals surface area contributed by atoms with Crippen LogP contribution in [0.4, 0.5) is 13.2 Å². The Morgan fingerprint density at radius 2 is 1.79 bits per heavy atom. The van der Waals surface area contributed by atoms with Crippen LogP contribution in [0.25, 0.3) is 5.65 Å². The van der Waals surface area contributed by atoms with Gasteiger partial charge in [-0.2, -0.15) is 0 Å². The quantitative estimate of drug-likeness (QED) is 0.335. The third-order valence-corrected chi connectivity index (χ3v) is 5.46. The van der Waals surface area contributed by atoms with Crippen molar-refractivity contribution in [3.05, 3.63) is 101 Å². The molecule has 2 aromatic carbocycles. The number of halogens is 4. The summed E-state index contributed by atoms with van der Waals surface area (Å²) < 4.78 is 48.6. The molecule has 0 radical (unpaired) electrons. The largest absolute Gasteiger partial charge is 0.485 e. The minimum Gasteiger partial charge on any atom is -0.485 e. The minimum absolute atomic E-state index is 0. The maximum absolute atomic E-state index is 13.9. The number of aryl methyl sites for hydroxylation is 1. The van der Waals surface area contributed by atoms with Gasteiger partial charge in [-0.1, -0.05) is 18.2 Å². The van der Waals surface area contributed by atoms with E-state index in [-0.39, 0.29) is 49.1 Å². The zero-order chi connectivity index (χ0) is 23.5. The van der Waals surface area contributed by atoms with E-state index >= 15 is 0 Å². The molecule has 0 amide bonds. The normalized spacial score (nSPS) is 11.8. The maximum Gasteiger partial charge on any atom is 0.182 e. The molecule has 1 atom stereocenters. The summed E-state index contributed by atoms with van der Waals surface area (Å²) in [7, 11) is 0.